The van der Waals surface area contributed by atoms with Gasteiger partial charge in [-0.25, -0.2) is 13.1 Å². The molecule has 0 saturated carbocycles. The molecule has 1 aromatic carbocycles. The third kappa shape index (κ3) is 3.90. The van der Waals surface area contributed by atoms with Crippen molar-refractivity contribution in [1.82, 2.24) is 4.72 Å². The molecule has 0 aliphatic carbocycles. The van der Waals surface area contributed by atoms with E-state index in [0.29, 0.717) is 0 Å². The average molecular weight is 288 g/mol. The van der Waals surface area contributed by atoms with Crippen molar-refractivity contribution in [3.05, 3.63) is 28.3 Å². The number of non-ortho nitro benzene ring substituents is 1. The summed E-state index contributed by atoms with van der Waals surface area (Å²) in [6.07, 6.45) is 0. The maximum atomic E-state index is 12.1. The van der Waals surface area contributed by atoms with Gasteiger partial charge >= 0.3 is 0 Å². The maximum absolute atomic E-state index is 12.1. The minimum atomic E-state index is -3.83. The van der Waals surface area contributed by atoms with Gasteiger partial charge in [-0.3, -0.25) is 10.1 Å². The Kier molecular flexibility index (Phi) is 4.84. The van der Waals surface area contributed by atoms with E-state index >= 15 is 0 Å². The van der Waals surface area contributed by atoms with E-state index < -0.39 is 14.9 Å². The van der Waals surface area contributed by atoms with E-state index in [0.717, 1.165) is 6.07 Å². The van der Waals surface area contributed by atoms with Gasteiger partial charge in [-0.1, -0.05) is 13.8 Å². The first kappa shape index (κ1) is 15.4. The summed E-state index contributed by atoms with van der Waals surface area (Å²) in [5.41, 5.74) is -0.300. The number of methoxy groups -OCH3 is 1. The van der Waals surface area contributed by atoms with Gasteiger partial charge in [0.05, 0.1) is 12.0 Å². The molecule has 0 amide bonds. The van der Waals surface area contributed by atoms with Gasteiger partial charge in [0, 0.05) is 18.7 Å². The molecule has 1 aromatic rings. The predicted octanol–water partition coefficient (Wildman–Crippen LogP) is 1.54. The van der Waals surface area contributed by atoms with Gasteiger partial charge in [0.2, 0.25) is 10.0 Å². The molecule has 0 radical (unpaired) electrons. The Morgan fingerprint density at radius 2 is 2.05 bits per heavy atom. The third-order valence-electron chi connectivity index (χ3n) is 2.33. The lowest BCUT2D eigenvalue weighted by Crippen LogP contribution is -2.28. The van der Waals surface area contributed by atoms with Crippen LogP contribution in [0.5, 0.6) is 5.75 Å². The molecule has 0 aliphatic heterocycles. The second-order valence-corrected chi connectivity index (χ2v) is 6.07. The molecule has 1 rings (SSSR count). The zero-order chi connectivity index (χ0) is 14.6. The van der Waals surface area contributed by atoms with Crippen molar-refractivity contribution in [1.29, 1.82) is 0 Å². The number of hydrogen-bond donors (Lipinski definition) is 1. The van der Waals surface area contributed by atoms with Gasteiger partial charge < -0.3 is 4.74 Å². The third-order valence-corrected chi connectivity index (χ3v) is 3.77. The quantitative estimate of drug-likeness (QED) is 0.632. The number of benzene rings is 1. The van der Waals surface area contributed by atoms with Crippen molar-refractivity contribution in [3.63, 3.8) is 0 Å². The highest BCUT2D eigenvalue weighted by Crippen LogP contribution is 2.27. The Morgan fingerprint density at radius 1 is 1.42 bits per heavy atom. The minimum Gasteiger partial charge on any atom is -0.495 e. The second-order valence-electron chi connectivity index (χ2n) is 4.34. The molecule has 7 nitrogen and oxygen atoms in total. The topological polar surface area (TPSA) is 98.5 Å². The molecule has 0 aliphatic rings. The van der Waals surface area contributed by atoms with Gasteiger partial charge in [-0.2, -0.15) is 0 Å². The first-order valence-corrected chi connectivity index (χ1v) is 7.08. The van der Waals surface area contributed by atoms with Crippen LogP contribution in [0.3, 0.4) is 0 Å². The molecule has 0 heterocycles. The lowest BCUT2D eigenvalue weighted by molar-refractivity contribution is -0.385. The fraction of sp³-hybridized carbons (Fsp3) is 0.455. The van der Waals surface area contributed by atoms with Crippen molar-refractivity contribution in [2.45, 2.75) is 18.7 Å². The maximum Gasteiger partial charge on any atom is 0.271 e. The van der Waals surface area contributed by atoms with Crippen LogP contribution in [-0.4, -0.2) is 27.0 Å². The molecular weight excluding hydrogens is 272 g/mol. The number of sulfonamides is 1. The fourth-order valence-electron chi connectivity index (χ4n) is 1.34. The van der Waals surface area contributed by atoms with Crippen molar-refractivity contribution in [3.8, 4) is 5.75 Å². The molecule has 0 fully saturated rings. The fourth-order valence-corrected chi connectivity index (χ4v) is 2.74. The average Bonchev–Trinajstić information content (AvgIpc) is 2.35. The minimum absolute atomic E-state index is 0.0712. The standard InChI is InChI=1S/C11H16N2O5S/c1-8(2)7-12-19(16,17)11-6-9(13(14)15)4-5-10(11)18-3/h4-6,8,12H,7H2,1-3H3. The summed E-state index contributed by atoms with van der Waals surface area (Å²) in [4.78, 5) is 9.81. The van der Waals surface area contributed by atoms with Crippen LogP contribution in [0.1, 0.15) is 13.8 Å². The normalized spacial score (nSPS) is 11.6. The highest BCUT2D eigenvalue weighted by Gasteiger charge is 2.22. The van der Waals surface area contributed by atoms with E-state index in [1.807, 2.05) is 13.8 Å². The summed E-state index contributed by atoms with van der Waals surface area (Å²) >= 11 is 0. The van der Waals surface area contributed by atoms with Crippen molar-refractivity contribution < 1.29 is 18.1 Å². The zero-order valence-corrected chi connectivity index (χ0v) is 11.7. The van der Waals surface area contributed by atoms with Crippen LogP contribution in [0.25, 0.3) is 0 Å². The molecule has 0 atom stereocenters. The van der Waals surface area contributed by atoms with Crippen LogP contribution in [-0.2, 0) is 10.0 Å². The summed E-state index contributed by atoms with van der Waals surface area (Å²) in [7, 11) is -2.53. The molecule has 19 heavy (non-hydrogen) atoms. The summed E-state index contributed by atoms with van der Waals surface area (Å²) in [5, 5.41) is 10.7. The van der Waals surface area contributed by atoms with Gasteiger partial charge in [0.1, 0.15) is 10.6 Å². The Labute approximate surface area is 111 Å². The highest BCUT2D eigenvalue weighted by molar-refractivity contribution is 7.89. The molecule has 0 spiro atoms. The summed E-state index contributed by atoms with van der Waals surface area (Å²) in [6, 6.07) is 3.45. The van der Waals surface area contributed by atoms with E-state index in [1.165, 1.54) is 19.2 Å². The largest absolute Gasteiger partial charge is 0.495 e. The number of rotatable bonds is 6. The van der Waals surface area contributed by atoms with Crippen LogP contribution in [0.15, 0.2) is 23.1 Å². The van der Waals surface area contributed by atoms with E-state index in [4.69, 9.17) is 4.74 Å². The Bertz CT molecular complexity index is 568. The van der Waals surface area contributed by atoms with Gasteiger partial charge in [-0.15, -0.1) is 0 Å². The van der Waals surface area contributed by atoms with Crippen molar-refractivity contribution in [2.24, 2.45) is 5.92 Å². The zero-order valence-electron chi connectivity index (χ0n) is 10.9. The van der Waals surface area contributed by atoms with Crippen LogP contribution in [0.4, 0.5) is 5.69 Å². The Balaban J connectivity index is 3.22. The van der Waals surface area contributed by atoms with Crippen molar-refractivity contribution >= 4 is 15.7 Å². The molecular formula is C11H16N2O5S. The van der Waals surface area contributed by atoms with Crippen LogP contribution in [0, 0.1) is 16.0 Å². The van der Waals surface area contributed by atoms with Crippen LogP contribution < -0.4 is 9.46 Å². The SMILES string of the molecule is COc1ccc([N+](=O)[O-])cc1S(=O)(=O)NCC(C)C. The molecule has 0 aromatic heterocycles. The Hall–Kier alpha value is -1.67. The van der Waals surface area contributed by atoms with E-state index in [9.17, 15) is 18.5 Å². The molecule has 1 N–H and O–H groups in total. The highest BCUT2D eigenvalue weighted by atomic mass is 32.2. The van der Waals surface area contributed by atoms with E-state index in [-0.39, 0.29) is 28.8 Å². The second kappa shape index (κ2) is 5.98. The van der Waals surface area contributed by atoms with E-state index in [2.05, 4.69) is 4.72 Å². The summed E-state index contributed by atoms with van der Waals surface area (Å²) < 4.78 is 31.5. The monoisotopic (exact) mass is 288 g/mol. The number of hydrogen-bond acceptors (Lipinski definition) is 5. The summed E-state index contributed by atoms with van der Waals surface area (Å²) in [6.45, 7) is 3.95. The Morgan fingerprint density at radius 3 is 2.53 bits per heavy atom. The van der Waals surface area contributed by atoms with Crippen LogP contribution >= 0.6 is 0 Å². The number of nitrogens with zero attached hydrogens (tertiary/aromatic N) is 1. The number of nitrogens with one attached hydrogen (secondary N) is 1. The predicted molar refractivity (Wildman–Crippen MR) is 69.7 cm³/mol. The summed E-state index contributed by atoms with van der Waals surface area (Å²) in [5.74, 6) is 0.196. The van der Waals surface area contributed by atoms with Crippen LogP contribution in [0.2, 0.25) is 0 Å². The van der Waals surface area contributed by atoms with E-state index in [1.54, 1.807) is 0 Å². The molecule has 0 unspecified atom stereocenters. The first-order chi connectivity index (χ1) is 8.77. The van der Waals surface area contributed by atoms with Gasteiger partial charge in [0.25, 0.3) is 5.69 Å². The number of nitro benzene ring substituents is 1. The molecule has 8 heteroatoms. The number of ether oxygens (including phenoxy) is 1. The van der Waals surface area contributed by atoms with Gasteiger partial charge in [-0.05, 0) is 12.0 Å². The van der Waals surface area contributed by atoms with Gasteiger partial charge in [0.15, 0.2) is 0 Å². The molecule has 0 saturated heterocycles. The molecule has 106 valence electrons. The number of nitro groups is 1. The molecule has 0 bridgehead atoms. The first-order valence-electron chi connectivity index (χ1n) is 5.60. The van der Waals surface area contributed by atoms with Crippen molar-refractivity contribution in [2.75, 3.05) is 13.7 Å². The lowest BCUT2D eigenvalue weighted by atomic mass is 10.2. The smallest absolute Gasteiger partial charge is 0.271 e. The lowest BCUT2D eigenvalue weighted by Gasteiger charge is -2.11.